The number of amides is 1. The van der Waals surface area contributed by atoms with E-state index in [9.17, 15) is 4.79 Å². The highest BCUT2D eigenvalue weighted by Gasteiger charge is 2.20. The standard InChI is InChI=1S/C16H25BrN2O2/c1-3-16(18,4-2)12-19-15(20)10-7-11-21-14-9-6-5-8-13(14)17/h5-6,8-9H,3-4,7,10-12,18H2,1-2H3,(H,19,20). The monoisotopic (exact) mass is 356 g/mol. The highest BCUT2D eigenvalue weighted by molar-refractivity contribution is 9.10. The average Bonchev–Trinajstić information content (AvgIpc) is 2.51. The number of rotatable bonds is 9. The van der Waals surface area contributed by atoms with Crippen LogP contribution in [0.1, 0.15) is 39.5 Å². The van der Waals surface area contributed by atoms with E-state index in [-0.39, 0.29) is 11.4 Å². The van der Waals surface area contributed by atoms with E-state index >= 15 is 0 Å². The molecule has 1 aromatic rings. The number of nitrogens with two attached hydrogens (primary N) is 1. The Kier molecular flexibility index (Phi) is 7.75. The second-order valence-corrected chi connectivity index (χ2v) is 6.08. The largest absolute Gasteiger partial charge is 0.492 e. The number of nitrogens with one attached hydrogen (secondary N) is 1. The van der Waals surface area contributed by atoms with Crippen molar-refractivity contribution in [2.75, 3.05) is 13.2 Å². The Morgan fingerprint density at radius 3 is 2.62 bits per heavy atom. The van der Waals surface area contributed by atoms with Crippen molar-refractivity contribution in [1.29, 1.82) is 0 Å². The zero-order valence-corrected chi connectivity index (χ0v) is 14.4. The fourth-order valence-corrected chi connectivity index (χ4v) is 2.24. The van der Waals surface area contributed by atoms with E-state index in [0.717, 1.165) is 23.1 Å². The van der Waals surface area contributed by atoms with Crippen molar-refractivity contribution >= 4 is 21.8 Å². The summed E-state index contributed by atoms with van der Waals surface area (Å²) in [4.78, 5) is 11.8. The minimum absolute atomic E-state index is 0.0300. The lowest BCUT2D eigenvalue weighted by Gasteiger charge is -2.26. The maximum Gasteiger partial charge on any atom is 0.220 e. The summed E-state index contributed by atoms with van der Waals surface area (Å²) in [5.74, 6) is 0.832. The van der Waals surface area contributed by atoms with Crippen molar-refractivity contribution in [2.24, 2.45) is 5.73 Å². The van der Waals surface area contributed by atoms with Crippen LogP contribution in [-0.4, -0.2) is 24.6 Å². The molecule has 0 saturated heterocycles. The summed E-state index contributed by atoms with van der Waals surface area (Å²) in [6.07, 6.45) is 2.85. The lowest BCUT2D eigenvalue weighted by atomic mass is 9.94. The molecule has 21 heavy (non-hydrogen) atoms. The molecule has 0 fully saturated rings. The van der Waals surface area contributed by atoms with Crippen LogP contribution >= 0.6 is 15.9 Å². The first-order valence-corrected chi connectivity index (χ1v) is 8.23. The normalized spacial score (nSPS) is 11.2. The molecule has 1 rings (SSSR count). The smallest absolute Gasteiger partial charge is 0.220 e. The SMILES string of the molecule is CCC(N)(CC)CNC(=O)CCCOc1ccccc1Br. The second kappa shape index (κ2) is 9.05. The molecule has 0 radical (unpaired) electrons. The molecule has 0 aromatic heterocycles. The number of halogens is 1. The molecule has 0 aliphatic rings. The van der Waals surface area contributed by atoms with Gasteiger partial charge in [-0.25, -0.2) is 0 Å². The molecule has 0 unspecified atom stereocenters. The van der Waals surface area contributed by atoms with Crippen molar-refractivity contribution in [2.45, 2.75) is 45.1 Å². The number of carbonyl (C=O) groups excluding carboxylic acids is 1. The van der Waals surface area contributed by atoms with Gasteiger partial charge in [0.2, 0.25) is 5.91 Å². The molecule has 0 aliphatic carbocycles. The van der Waals surface area contributed by atoms with Gasteiger partial charge in [0.25, 0.3) is 0 Å². The van der Waals surface area contributed by atoms with Crippen LogP contribution in [0.3, 0.4) is 0 Å². The van der Waals surface area contributed by atoms with Gasteiger partial charge in [0.1, 0.15) is 5.75 Å². The first-order chi connectivity index (χ1) is 10.0. The van der Waals surface area contributed by atoms with Crippen molar-refractivity contribution in [3.63, 3.8) is 0 Å². The first kappa shape index (κ1) is 18.0. The molecule has 3 N–H and O–H groups in total. The molecular formula is C16H25BrN2O2. The highest BCUT2D eigenvalue weighted by atomic mass is 79.9. The minimum Gasteiger partial charge on any atom is -0.492 e. The van der Waals surface area contributed by atoms with Crippen LogP contribution in [0.4, 0.5) is 0 Å². The van der Waals surface area contributed by atoms with E-state index in [4.69, 9.17) is 10.5 Å². The van der Waals surface area contributed by atoms with Crippen molar-refractivity contribution < 1.29 is 9.53 Å². The summed E-state index contributed by atoms with van der Waals surface area (Å²) in [5.41, 5.74) is 5.86. The topological polar surface area (TPSA) is 64.3 Å². The lowest BCUT2D eigenvalue weighted by molar-refractivity contribution is -0.121. The van der Waals surface area contributed by atoms with E-state index in [2.05, 4.69) is 21.2 Å². The number of benzene rings is 1. The predicted molar refractivity (Wildman–Crippen MR) is 89.4 cm³/mol. The summed E-state index contributed by atoms with van der Waals surface area (Å²) in [5, 5.41) is 2.91. The average molecular weight is 357 g/mol. The Morgan fingerprint density at radius 1 is 1.33 bits per heavy atom. The predicted octanol–water partition coefficient (Wildman–Crippen LogP) is 3.24. The van der Waals surface area contributed by atoms with Crippen LogP contribution in [0.15, 0.2) is 28.7 Å². The molecule has 0 saturated carbocycles. The molecule has 0 bridgehead atoms. The fourth-order valence-electron chi connectivity index (χ4n) is 1.84. The van der Waals surface area contributed by atoms with Crippen molar-refractivity contribution in [3.8, 4) is 5.75 Å². The van der Waals surface area contributed by atoms with Crippen LogP contribution in [0.25, 0.3) is 0 Å². The summed E-state index contributed by atoms with van der Waals surface area (Å²) in [7, 11) is 0. The first-order valence-electron chi connectivity index (χ1n) is 7.43. The fraction of sp³-hybridized carbons (Fsp3) is 0.562. The highest BCUT2D eigenvalue weighted by Crippen LogP contribution is 2.23. The Bertz CT molecular complexity index is 448. The van der Waals surface area contributed by atoms with E-state index in [1.54, 1.807) is 0 Å². The van der Waals surface area contributed by atoms with E-state index in [1.165, 1.54) is 0 Å². The number of para-hydroxylation sites is 1. The molecule has 1 aromatic carbocycles. The summed E-state index contributed by atoms with van der Waals surface area (Å²) >= 11 is 3.42. The van der Waals surface area contributed by atoms with Gasteiger partial charge in [-0.05, 0) is 47.3 Å². The van der Waals surface area contributed by atoms with Crippen LogP contribution in [0, 0.1) is 0 Å². The molecule has 1 amide bonds. The Labute approximate surface area is 135 Å². The molecule has 4 nitrogen and oxygen atoms in total. The quantitative estimate of drug-likeness (QED) is 0.667. The third-order valence-corrected chi connectivity index (χ3v) is 4.34. The van der Waals surface area contributed by atoms with Crippen LogP contribution in [0.2, 0.25) is 0 Å². The molecule has 118 valence electrons. The van der Waals surface area contributed by atoms with Gasteiger partial charge in [0.15, 0.2) is 0 Å². The van der Waals surface area contributed by atoms with Crippen molar-refractivity contribution in [1.82, 2.24) is 5.32 Å². The van der Waals surface area contributed by atoms with E-state index < -0.39 is 0 Å². The molecule has 0 atom stereocenters. The molecular weight excluding hydrogens is 332 g/mol. The van der Waals surface area contributed by atoms with Gasteiger partial charge in [-0.15, -0.1) is 0 Å². The Hall–Kier alpha value is -1.07. The zero-order chi connectivity index (χ0) is 15.7. The zero-order valence-electron chi connectivity index (χ0n) is 12.8. The summed E-state index contributed by atoms with van der Waals surface area (Å²) in [6, 6.07) is 7.68. The molecule has 0 aliphatic heterocycles. The third kappa shape index (κ3) is 6.48. The van der Waals surface area contributed by atoms with Gasteiger partial charge in [0, 0.05) is 18.5 Å². The number of hydrogen-bond acceptors (Lipinski definition) is 3. The van der Waals surface area contributed by atoms with Gasteiger partial charge >= 0.3 is 0 Å². The summed E-state index contributed by atoms with van der Waals surface area (Å²) in [6.45, 7) is 5.14. The number of hydrogen-bond donors (Lipinski definition) is 2. The molecule has 0 spiro atoms. The Morgan fingerprint density at radius 2 is 2.00 bits per heavy atom. The van der Waals surface area contributed by atoms with Gasteiger partial charge < -0.3 is 15.8 Å². The minimum atomic E-state index is -0.291. The van der Waals surface area contributed by atoms with Gasteiger partial charge in [-0.1, -0.05) is 26.0 Å². The van der Waals surface area contributed by atoms with Crippen LogP contribution in [0.5, 0.6) is 5.75 Å². The van der Waals surface area contributed by atoms with E-state index in [0.29, 0.717) is 26.0 Å². The molecule has 5 heteroatoms. The van der Waals surface area contributed by atoms with Gasteiger partial charge in [-0.2, -0.15) is 0 Å². The maximum absolute atomic E-state index is 11.8. The van der Waals surface area contributed by atoms with Gasteiger partial charge in [0.05, 0.1) is 11.1 Å². The number of ether oxygens (including phenoxy) is 1. The lowest BCUT2D eigenvalue weighted by Crippen LogP contribution is -2.49. The third-order valence-electron chi connectivity index (χ3n) is 3.69. The van der Waals surface area contributed by atoms with Crippen LogP contribution < -0.4 is 15.8 Å². The Balaban J connectivity index is 2.21. The number of carbonyl (C=O) groups is 1. The molecule has 0 heterocycles. The van der Waals surface area contributed by atoms with Crippen molar-refractivity contribution in [3.05, 3.63) is 28.7 Å². The summed E-state index contributed by atoms with van der Waals surface area (Å²) < 4.78 is 6.55. The van der Waals surface area contributed by atoms with Gasteiger partial charge in [-0.3, -0.25) is 4.79 Å². The maximum atomic E-state index is 11.8. The van der Waals surface area contributed by atoms with Crippen LogP contribution in [-0.2, 0) is 4.79 Å². The second-order valence-electron chi connectivity index (χ2n) is 5.23. The van der Waals surface area contributed by atoms with E-state index in [1.807, 2.05) is 38.1 Å².